The first kappa shape index (κ1) is 12.1. The van der Waals surface area contributed by atoms with Crippen LogP contribution >= 0.6 is 11.6 Å². The molecule has 0 heterocycles. The fraction of sp³-hybridized carbons (Fsp3) is 0.417. The van der Waals surface area contributed by atoms with E-state index in [9.17, 15) is 4.79 Å². The van der Waals surface area contributed by atoms with Gasteiger partial charge in [0.05, 0.1) is 5.41 Å². The van der Waals surface area contributed by atoms with Gasteiger partial charge in [-0.15, -0.1) is 11.6 Å². The smallest absolute Gasteiger partial charge is 0.231 e. The van der Waals surface area contributed by atoms with E-state index in [1.54, 1.807) is 0 Å². The van der Waals surface area contributed by atoms with Crippen molar-refractivity contribution in [3.63, 3.8) is 0 Å². The van der Waals surface area contributed by atoms with Crippen molar-refractivity contribution < 1.29 is 4.79 Å². The number of anilines is 1. The van der Waals surface area contributed by atoms with Gasteiger partial charge in [-0.1, -0.05) is 12.1 Å². The first-order valence-electron chi connectivity index (χ1n) is 4.90. The number of aryl methyl sites for hydroxylation is 1. The number of benzene rings is 1. The van der Waals surface area contributed by atoms with Crippen molar-refractivity contribution in [1.82, 2.24) is 0 Å². The topological polar surface area (TPSA) is 29.1 Å². The van der Waals surface area contributed by atoms with Gasteiger partial charge in [-0.25, -0.2) is 0 Å². The highest BCUT2D eigenvalue weighted by molar-refractivity contribution is 6.20. The third-order valence-electron chi connectivity index (χ3n) is 2.22. The molecular weight excluding hydrogens is 210 g/mol. The minimum Gasteiger partial charge on any atom is -0.326 e. The molecule has 3 heteroatoms. The van der Waals surface area contributed by atoms with Crippen LogP contribution < -0.4 is 5.32 Å². The zero-order valence-corrected chi connectivity index (χ0v) is 10.1. The third-order valence-corrected chi connectivity index (χ3v) is 2.89. The molecule has 0 radical (unpaired) electrons. The molecule has 2 nitrogen and oxygen atoms in total. The van der Waals surface area contributed by atoms with E-state index in [1.807, 2.05) is 45.0 Å². The van der Waals surface area contributed by atoms with Gasteiger partial charge in [0.15, 0.2) is 0 Å². The van der Waals surface area contributed by atoms with Crippen LogP contribution in [0.4, 0.5) is 5.69 Å². The molecule has 1 rings (SSSR count). The summed E-state index contributed by atoms with van der Waals surface area (Å²) in [6.07, 6.45) is 0. The van der Waals surface area contributed by atoms with E-state index in [0.29, 0.717) is 5.88 Å². The molecule has 82 valence electrons. The van der Waals surface area contributed by atoms with Gasteiger partial charge < -0.3 is 5.32 Å². The van der Waals surface area contributed by atoms with Crippen molar-refractivity contribution in [3.8, 4) is 0 Å². The molecule has 0 saturated heterocycles. The minimum atomic E-state index is -0.536. The molecule has 1 N–H and O–H groups in total. The Kier molecular flexibility index (Phi) is 3.75. The van der Waals surface area contributed by atoms with Crippen molar-refractivity contribution in [3.05, 3.63) is 29.8 Å². The van der Waals surface area contributed by atoms with E-state index < -0.39 is 5.41 Å². The zero-order valence-electron chi connectivity index (χ0n) is 9.30. The normalized spacial score (nSPS) is 11.2. The highest BCUT2D eigenvalue weighted by Crippen LogP contribution is 2.20. The number of halogens is 1. The molecule has 15 heavy (non-hydrogen) atoms. The molecule has 0 spiro atoms. The summed E-state index contributed by atoms with van der Waals surface area (Å²) in [5, 5.41) is 2.85. The van der Waals surface area contributed by atoms with Crippen LogP contribution in [0.2, 0.25) is 0 Å². The maximum Gasteiger partial charge on any atom is 0.231 e. The molecular formula is C12H16ClNO. The van der Waals surface area contributed by atoms with Gasteiger partial charge in [-0.05, 0) is 38.5 Å². The Morgan fingerprint density at radius 1 is 1.47 bits per heavy atom. The summed E-state index contributed by atoms with van der Waals surface area (Å²) < 4.78 is 0. The Balaban J connectivity index is 2.75. The van der Waals surface area contributed by atoms with Crippen LogP contribution in [0.5, 0.6) is 0 Å². The van der Waals surface area contributed by atoms with Gasteiger partial charge >= 0.3 is 0 Å². The van der Waals surface area contributed by atoms with Gasteiger partial charge in [0.2, 0.25) is 5.91 Å². The van der Waals surface area contributed by atoms with Crippen LogP contribution in [-0.2, 0) is 4.79 Å². The fourth-order valence-electron chi connectivity index (χ4n) is 1.08. The van der Waals surface area contributed by atoms with Crippen molar-refractivity contribution in [2.75, 3.05) is 11.2 Å². The van der Waals surface area contributed by atoms with Crippen LogP contribution in [0.3, 0.4) is 0 Å². The SMILES string of the molecule is Cc1cccc(NC(=O)C(C)(C)CCl)c1. The lowest BCUT2D eigenvalue weighted by Gasteiger charge is -2.20. The van der Waals surface area contributed by atoms with Gasteiger partial charge in [0.25, 0.3) is 0 Å². The lowest BCUT2D eigenvalue weighted by molar-refractivity contribution is -0.122. The molecule has 1 aromatic carbocycles. The lowest BCUT2D eigenvalue weighted by Crippen LogP contribution is -2.32. The molecule has 0 aromatic heterocycles. The molecule has 0 bridgehead atoms. The van der Waals surface area contributed by atoms with Crippen molar-refractivity contribution in [2.45, 2.75) is 20.8 Å². The van der Waals surface area contributed by atoms with E-state index in [4.69, 9.17) is 11.6 Å². The van der Waals surface area contributed by atoms with E-state index in [-0.39, 0.29) is 5.91 Å². The summed E-state index contributed by atoms with van der Waals surface area (Å²) in [6.45, 7) is 5.64. The number of rotatable bonds is 3. The first-order chi connectivity index (χ1) is 6.95. The van der Waals surface area contributed by atoms with E-state index in [0.717, 1.165) is 11.3 Å². The third kappa shape index (κ3) is 3.24. The molecule has 0 aliphatic carbocycles. The molecule has 0 unspecified atom stereocenters. The zero-order chi connectivity index (χ0) is 11.5. The Bertz CT molecular complexity index is 360. The molecule has 0 aliphatic heterocycles. The summed E-state index contributed by atoms with van der Waals surface area (Å²) >= 11 is 5.72. The fourth-order valence-corrected chi connectivity index (χ4v) is 1.21. The Morgan fingerprint density at radius 2 is 2.13 bits per heavy atom. The average molecular weight is 226 g/mol. The molecule has 0 atom stereocenters. The van der Waals surface area contributed by atoms with E-state index in [2.05, 4.69) is 5.32 Å². The predicted molar refractivity (Wildman–Crippen MR) is 64.3 cm³/mol. The van der Waals surface area contributed by atoms with Crippen LogP contribution in [-0.4, -0.2) is 11.8 Å². The average Bonchev–Trinajstić information content (AvgIpc) is 2.17. The van der Waals surface area contributed by atoms with Crippen LogP contribution in [0, 0.1) is 12.3 Å². The number of hydrogen-bond acceptors (Lipinski definition) is 1. The molecule has 1 amide bonds. The maximum atomic E-state index is 11.8. The number of amides is 1. The quantitative estimate of drug-likeness (QED) is 0.787. The monoisotopic (exact) mass is 225 g/mol. The molecule has 0 fully saturated rings. The van der Waals surface area contributed by atoms with Crippen LogP contribution in [0.1, 0.15) is 19.4 Å². The van der Waals surface area contributed by atoms with Crippen LogP contribution in [0.25, 0.3) is 0 Å². The maximum absolute atomic E-state index is 11.8. The standard InChI is InChI=1S/C12H16ClNO/c1-9-5-4-6-10(7-9)14-11(15)12(2,3)8-13/h4-7H,8H2,1-3H3,(H,14,15). The number of carbonyl (C=O) groups excluding carboxylic acids is 1. The second kappa shape index (κ2) is 4.67. The van der Waals surface area contributed by atoms with E-state index >= 15 is 0 Å². The Hall–Kier alpha value is -1.02. The van der Waals surface area contributed by atoms with Gasteiger partial charge in [0, 0.05) is 11.6 Å². The van der Waals surface area contributed by atoms with Crippen LogP contribution in [0.15, 0.2) is 24.3 Å². The van der Waals surface area contributed by atoms with Gasteiger partial charge in [-0.2, -0.15) is 0 Å². The molecule has 1 aromatic rings. The highest BCUT2D eigenvalue weighted by Gasteiger charge is 2.26. The summed E-state index contributed by atoms with van der Waals surface area (Å²) in [4.78, 5) is 11.8. The summed E-state index contributed by atoms with van der Waals surface area (Å²) in [5.74, 6) is 0.257. The number of carbonyl (C=O) groups is 1. The number of nitrogens with one attached hydrogen (secondary N) is 1. The largest absolute Gasteiger partial charge is 0.326 e. The lowest BCUT2D eigenvalue weighted by atomic mass is 9.95. The first-order valence-corrected chi connectivity index (χ1v) is 5.43. The summed E-state index contributed by atoms with van der Waals surface area (Å²) in [5.41, 5.74) is 1.40. The number of alkyl halides is 1. The van der Waals surface area contributed by atoms with Crippen molar-refractivity contribution in [2.24, 2.45) is 5.41 Å². The van der Waals surface area contributed by atoms with Crippen molar-refractivity contribution >= 4 is 23.2 Å². The summed E-state index contributed by atoms with van der Waals surface area (Å²) in [7, 11) is 0. The van der Waals surface area contributed by atoms with E-state index in [1.165, 1.54) is 0 Å². The van der Waals surface area contributed by atoms with Gasteiger partial charge in [0.1, 0.15) is 0 Å². The second-order valence-corrected chi connectivity index (χ2v) is 4.61. The highest BCUT2D eigenvalue weighted by atomic mass is 35.5. The number of hydrogen-bond donors (Lipinski definition) is 1. The predicted octanol–water partition coefficient (Wildman–Crippen LogP) is 3.20. The second-order valence-electron chi connectivity index (χ2n) is 4.34. The molecule has 0 saturated carbocycles. The summed E-state index contributed by atoms with van der Waals surface area (Å²) in [6, 6.07) is 7.71. The Morgan fingerprint density at radius 3 is 2.67 bits per heavy atom. The molecule has 0 aliphatic rings. The Labute approximate surface area is 95.6 Å². The van der Waals surface area contributed by atoms with Gasteiger partial charge in [-0.3, -0.25) is 4.79 Å². The minimum absolute atomic E-state index is 0.0527. The van der Waals surface area contributed by atoms with Crippen molar-refractivity contribution in [1.29, 1.82) is 0 Å².